The number of hydrogen-bond donors (Lipinski definition) is 7. The van der Waals surface area contributed by atoms with Crippen LogP contribution in [0.1, 0.15) is 48.8 Å². The highest BCUT2D eigenvalue weighted by Crippen LogP contribution is 2.19. The number of amides is 5. The number of rotatable bonds is 22. The van der Waals surface area contributed by atoms with Crippen LogP contribution >= 0.6 is 0 Å². The molecule has 0 bridgehead atoms. The summed E-state index contributed by atoms with van der Waals surface area (Å²) in [6.07, 6.45) is 2.68. The first-order valence-electron chi connectivity index (χ1n) is 20.0. The minimum absolute atomic E-state index is 0.0872. The van der Waals surface area contributed by atoms with Gasteiger partial charge in [-0.3, -0.25) is 24.0 Å². The van der Waals surface area contributed by atoms with Gasteiger partial charge in [0.05, 0.1) is 0 Å². The van der Waals surface area contributed by atoms with Crippen molar-refractivity contribution in [2.75, 3.05) is 20.1 Å². The highest BCUT2D eigenvalue weighted by molar-refractivity contribution is 5.96. The Morgan fingerprint density at radius 2 is 0.983 bits per heavy atom. The molecule has 0 aromatic heterocycles. The Balaban J connectivity index is 1.44. The first-order chi connectivity index (χ1) is 28.1. The first-order valence-corrected chi connectivity index (χ1v) is 20.0. The molecule has 0 saturated carbocycles. The van der Waals surface area contributed by atoms with Crippen LogP contribution < -0.4 is 38.1 Å². The van der Waals surface area contributed by atoms with Gasteiger partial charge >= 0.3 is 0 Å². The van der Waals surface area contributed by atoms with Crippen LogP contribution in [0.15, 0.2) is 115 Å². The molecule has 0 aliphatic carbocycles. The van der Waals surface area contributed by atoms with Crippen molar-refractivity contribution in [3.63, 3.8) is 0 Å². The lowest BCUT2D eigenvalue weighted by atomic mass is 9.98. The van der Waals surface area contributed by atoms with E-state index in [2.05, 4.69) is 26.6 Å². The molecule has 0 aliphatic heterocycles. The largest absolute Gasteiger partial charge is 0.368 e. The smallest absolute Gasteiger partial charge is 0.243 e. The second-order valence-corrected chi connectivity index (χ2v) is 14.7. The van der Waals surface area contributed by atoms with Crippen molar-refractivity contribution in [2.45, 2.75) is 75.5 Å². The average molecular weight is 786 g/mol. The average Bonchev–Trinajstić information content (AvgIpc) is 3.22. The van der Waals surface area contributed by atoms with Crippen molar-refractivity contribution in [1.82, 2.24) is 26.6 Å². The maximum Gasteiger partial charge on any atom is 0.243 e. The molecule has 0 saturated heterocycles. The summed E-state index contributed by atoms with van der Waals surface area (Å²) >= 11 is 0. The van der Waals surface area contributed by atoms with Gasteiger partial charge in [0.15, 0.2) is 0 Å². The van der Waals surface area contributed by atoms with Gasteiger partial charge in [-0.2, -0.15) is 0 Å². The molecule has 0 heterocycles. The lowest BCUT2D eigenvalue weighted by Crippen LogP contribution is -2.59. The predicted molar refractivity (Wildman–Crippen MR) is 228 cm³/mol. The number of unbranched alkanes of at least 4 members (excludes halogenated alkanes) is 1. The molecule has 5 rings (SSSR count). The molecular formula is C46H55N7O5. The van der Waals surface area contributed by atoms with Gasteiger partial charge < -0.3 is 38.1 Å². The Bertz CT molecular complexity index is 2160. The molecule has 9 N–H and O–H groups in total. The van der Waals surface area contributed by atoms with Crippen LogP contribution in [0.2, 0.25) is 0 Å². The summed E-state index contributed by atoms with van der Waals surface area (Å²) in [5.41, 5.74) is 13.7. The van der Waals surface area contributed by atoms with Crippen LogP contribution in [-0.4, -0.2) is 73.8 Å². The number of nitrogens with two attached hydrogens (primary N) is 2. The van der Waals surface area contributed by atoms with E-state index in [4.69, 9.17) is 11.5 Å². The Morgan fingerprint density at radius 1 is 0.517 bits per heavy atom. The quantitative estimate of drug-likeness (QED) is 0.0521. The molecule has 0 aliphatic rings. The number of primary amides is 1. The van der Waals surface area contributed by atoms with Crippen molar-refractivity contribution in [3.8, 4) is 0 Å². The molecule has 0 fully saturated rings. The van der Waals surface area contributed by atoms with Gasteiger partial charge in [-0.25, -0.2) is 0 Å². The molecular weight excluding hydrogens is 731 g/mol. The summed E-state index contributed by atoms with van der Waals surface area (Å²) in [5.74, 6) is -2.73. The van der Waals surface area contributed by atoms with Crippen LogP contribution in [0.4, 0.5) is 0 Å². The molecule has 3 unspecified atom stereocenters. The highest BCUT2D eigenvalue weighted by Gasteiger charge is 2.32. The predicted octanol–water partition coefficient (Wildman–Crippen LogP) is 3.57. The summed E-state index contributed by atoms with van der Waals surface area (Å²) in [5, 5.41) is 18.6. The Labute approximate surface area is 339 Å². The summed E-state index contributed by atoms with van der Waals surface area (Å²) in [6.45, 7) is 1.06. The second kappa shape index (κ2) is 22.0. The van der Waals surface area contributed by atoms with E-state index in [1.165, 1.54) is 0 Å². The summed E-state index contributed by atoms with van der Waals surface area (Å²) < 4.78 is 0. The van der Waals surface area contributed by atoms with Gasteiger partial charge in [0.2, 0.25) is 29.5 Å². The van der Waals surface area contributed by atoms with Gasteiger partial charge in [0.1, 0.15) is 24.2 Å². The van der Waals surface area contributed by atoms with E-state index < -0.39 is 47.8 Å². The van der Waals surface area contributed by atoms with Crippen molar-refractivity contribution in [2.24, 2.45) is 11.5 Å². The van der Waals surface area contributed by atoms with Gasteiger partial charge in [-0.15, -0.1) is 0 Å². The van der Waals surface area contributed by atoms with E-state index >= 15 is 0 Å². The molecule has 12 heteroatoms. The number of fused-ring (bicyclic) bond motifs is 2. The maximum atomic E-state index is 14.5. The van der Waals surface area contributed by atoms with Crippen LogP contribution in [0.3, 0.4) is 0 Å². The van der Waals surface area contributed by atoms with Gasteiger partial charge in [0.25, 0.3) is 0 Å². The molecule has 304 valence electrons. The molecule has 5 aromatic rings. The Morgan fingerprint density at radius 3 is 1.48 bits per heavy atom. The zero-order chi connectivity index (χ0) is 41.3. The van der Waals surface area contributed by atoms with Crippen LogP contribution in [0, 0.1) is 0 Å². The minimum Gasteiger partial charge on any atom is -0.368 e. The minimum atomic E-state index is -1.16. The third-order valence-electron chi connectivity index (χ3n) is 10.1. The first kappa shape index (κ1) is 43.0. The standard InChI is InChI=1S/C46H55N7O5/c1-49-25-11-19-42(54)50-39(29-32-20-22-34-14-5-7-16-36(34)26-32)44(56)53-41(30-33-21-23-35-15-6-8-17-37(35)27-33)46(58)52-40(28-31-12-3-2-4-13-31)45(57)51-38(43(48)55)18-9-10-24-47/h2-8,12-17,20-23,26-27,38-41,49H,9-11,18-19,24-25,28-30,47H2,1H3,(H2,48,55)(H,50,54)(H,51,57)(H,52,58)(H,53,56)/t38-,39?,40?,41?/m0/s1. The van der Waals surface area contributed by atoms with E-state index in [-0.39, 0.29) is 31.6 Å². The fourth-order valence-corrected chi connectivity index (χ4v) is 6.97. The van der Waals surface area contributed by atoms with E-state index in [9.17, 15) is 24.0 Å². The van der Waals surface area contributed by atoms with Crippen molar-refractivity contribution in [1.29, 1.82) is 0 Å². The van der Waals surface area contributed by atoms with E-state index in [1.54, 1.807) is 0 Å². The molecule has 5 aromatic carbocycles. The fraction of sp³-hybridized carbons (Fsp3) is 0.326. The summed E-state index contributed by atoms with van der Waals surface area (Å²) in [6, 6.07) is 32.4. The number of nitrogens with one attached hydrogen (secondary N) is 5. The molecule has 12 nitrogen and oxygen atoms in total. The normalized spacial score (nSPS) is 13.2. The summed E-state index contributed by atoms with van der Waals surface area (Å²) in [4.78, 5) is 68.4. The molecule has 0 spiro atoms. The molecule has 58 heavy (non-hydrogen) atoms. The zero-order valence-electron chi connectivity index (χ0n) is 33.0. The van der Waals surface area contributed by atoms with Crippen LogP contribution in [-0.2, 0) is 43.2 Å². The highest BCUT2D eigenvalue weighted by atomic mass is 16.2. The number of carbonyl (C=O) groups excluding carboxylic acids is 5. The fourth-order valence-electron chi connectivity index (χ4n) is 6.97. The number of benzene rings is 5. The maximum absolute atomic E-state index is 14.5. The lowest BCUT2D eigenvalue weighted by Gasteiger charge is -2.27. The number of carbonyl (C=O) groups is 5. The van der Waals surface area contributed by atoms with Crippen molar-refractivity contribution in [3.05, 3.63) is 132 Å². The third kappa shape index (κ3) is 13.0. The van der Waals surface area contributed by atoms with Crippen LogP contribution in [0.5, 0.6) is 0 Å². The van der Waals surface area contributed by atoms with E-state index in [0.29, 0.717) is 38.8 Å². The second-order valence-electron chi connectivity index (χ2n) is 14.7. The Kier molecular flexibility index (Phi) is 16.3. The topological polar surface area (TPSA) is 198 Å². The zero-order valence-corrected chi connectivity index (χ0v) is 33.0. The number of hydrogen-bond acceptors (Lipinski definition) is 7. The summed E-state index contributed by atoms with van der Waals surface area (Å²) in [7, 11) is 1.81. The van der Waals surface area contributed by atoms with Gasteiger partial charge in [-0.1, -0.05) is 115 Å². The van der Waals surface area contributed by atoms with Crippen molar-refractivity contribution >= 4 is 51.1 Å². The Hall–Kier alpha value is -6.11. The van der Waals surface area contributed by atoms with Crippen LogP contribution in [0.25, 0.3) is 21.5 Å². The van der Waals surface area contributed by atoms with Gasteiger partial charge in [0, 0.05) is 25.7 Å². The van der Waals surface area contributed by atoms with Crippen molar-refractivity contribution < 1.29 is 24.0 Å². The van der Waals surface area contributed by atoms with E-state index in [1.807, 2.05) is 122 Å². The van der Waals surface area contributed by atoms with Gasteiger partial charge in [-0.05, 0) is 84.1 Å². The molecule has 0 radical (unpaired) electrons. The molecule has 4 atom stereocenters. The lowest BCUT2D eigenvalue weighted by molar-refractivity contribution is -0.134. The van der Waals surface area contributed by atoms with E-state index in [0.717, 1.165) is 38.2 Å². The third-order valence-corrected chi connectivity index (χ3v) is 10.1. The SMILES string of the molecule is CNCCCC(=O)NC(Cc1ccc2ccccc2c1)C(=O)NC(Cc1ccc2ccccc2c1)C(=O)NC(Cc1ccccc1)C(=O)N[C@@H](CCCCN)C(N)=O. The molecule has 5 amide bonds. The monoisotopic (exact) mass is 785 g/mol.